The standard InChI is InChI=1S/C8H9N5/c1-6-5-10-8(9)4-7(6)13-3-2-11-12-13/h2-5H,1H3,(H2,9,10). The predicted octanol–water partition coefficient (Wildman–Crippen LogP) is 0.553. The zero-order valence-electron chi connectivity index (χ0n) is 7.18. The van der Waals surface area contributed by atoms with Crippen LogP contribution in [-0.2, 0) is 0 Å². The zero-order valence-corrected chi connectivity index (χ0v) is 7.18. The van der Waals surface area contributed by atoms with Crippen molar-refractivity contribution < 1.29 is 0 Å². The second kappa shape index (κ2) is 2.85. The molecule has 2 heterocycles. The van der Waals surface area contributed by atoms with Crippen LogP contribution in [0.4, 0.5) is 5.82 Å². The molecule has 5 nitrogen and oxygen atoms in total. The summed E-state index contributed by atoms with van der Waals surface area (Å²) in [6.45, 7) is 1.95. The van der Waals surface area contributed by atoms with Crippen molar-refractivity contribution in [3.63, 3.8) is 0 Å². The van der Waals surface area contributed by atoms with Crippen molar-refractivity contribution >= 4 is 5.82 Å². The van der Waals surface area contributed by atoms with Crippen LogP contribution in [0, 0.1) is 6.92 Å². The molecule has 0 saturated carbocycles. The largest absolute Gasteiger partial charge is 0.384 e. The fourth-order valence-electron chi connectivity index (χ4n) is 1.11. The Kier molecular flexibility index (Phi) is 1.70. The van der Waals surface area contributed by atoms with Crippen molar-refractivity contribution in [2.75, 3.05) is 5.73 Å². The number of nitrogen functional groups attached to an aromatic ring is 1. The minimum atomic E-state index is 0.483. The molecule has 0 aliphatic heterocycles. The SMILES string of the molecule is Cc1cnc(N)cc1-n1ccnn1. The van der Waals surface area contributed by atoms with Gasteiger partial charge in [-0.2, -0.15) is 0 Å². The highest BCUT2D eigenvalue weighted by Crippen LogP contribution is 2.12. The normalized spacial score (nSPS) is 10.2. The summed E-state index contributed by atoms with van der Waals surface area (Å²) in [5.74, 6) is 0.483. The van der Waals surface area contributed by atoms with E-state index < -0.39 is 0 Å². The van der Waals surface area contributed by atoms with E-state index in [0.29, 0.717) is 5.82 Å². The summed E-state index contributed by atoms with van der Waals surface area (Å²) in [6.07, 6.45) is 5.10. The van der Waals surface area contributed by atoms with Gasteiger partial charge < -0.3 is 5.73 Å². The summed E-state index contributed by atoms with van der Waals surface area (Å²) in [7, 11) is 0. The first-order chi connectivity index (χ1) is 6.27. The Bertz CT molecular complexity index is 406. The number of aromatic nitrogens is 4. The molecule has 0 saturated heterocycles. The Balaban J connectivity index is 2.57. The molecule has 0 amide bonds. The number of hydrogen-bond acceptors (Lipinski definition) is 4. The van der Waals surface area contributed by atoms with Gasteiger partial charge in [0.15, 0.2) is 0 Å². The van der Waals surface area contributed by atoms with Gasteiger partial charge in [-0.15, -0.1) is 5.10 Å². The Labute approximate surface area is 75.2 Å². The fraction of sp³-hybridized carbons (Fsp3) is 0.125. The molecule has 0 aliphatic carbocycles. The molecular weight excluding hydrogens is 166 g/mol. The molecule has 2 aromatic heterocycles. The van der Waals surface area contributed by atoms with Crippen molar-refractivity contribution in [1.29, 1.82) is 0 Å². The van der Waals surface area contributed by atoms with Crippen molar-refractivity contribution in [1.82, 2.24) is 20.0 Å². The lowest BCUT2D eigenvalue weighted by molar-refractivity contribution is 0.797. The van der Waals surface area contributed by atoms with E-state index in [-0.39, 0.29) is 0 Å². The van der Waals surface area contributed by atoms with Gasteiger partial charge in [0.2, 0.25) is 0 Å². The predicted molar refractivity (Wildman–Crippen MR) is 48.3 cm³/mol. The highest BCUT2D eigenvalue weighted by atomic mass is 15.4. The third-order valence-corrected chi connectivity index (χ3v) is 1.77. The van der Waals surface area contributed by atoms with Gasteiger partial charge in [0, 0.05) is 12.3 Å². The summed E-state index contributed by atoms with van der Waals surface area (Å²) in [4.78, 5) is 3.97. The smallest absolute Gasteiger partial charge is 0.125 e. The zero-order chi connectivity index (χ0) is 9.26. The Hall–Kier alpha value is -1.91. The first kappa shape index (κ1) is 7.72. The van der Waals surface area contributed by atoms with E-state index in [1.165, 1.54) is 0 Å². The highest BCUT2D eigenvalue weighted by molar-refractivity contribution is 5.45. The van der Waals surface area contributed by atoms with Crippen molar-refractivity contribution in [2.24, 2.45) is 0 Å². The molecule has 66 valence electrons. The van der Waals surface area contributed by atoms with Crippen LogP contribution in [0.15, 0.2) is 24.7 Å². The molecule has 0 radical (unpaired) electrons. The minimum Gasteiger partial charge on any atom is -0.384 e. The fourth-order valence-corrected chi connectivity index (χ4v) is 1.11. The van der Waals surface area contributed by atoms with Crippen molar-refractivity contribution in [2.45, 2.75) is 6.92 Å². The van der Waals surface area contributed by atoms with E-state index in [1.807, 2.05) is 6.92 Å². The van der Waals surface area contributed by atoms with E-state index in [9.17, 15) is 0 Å². The summed E-state index contributed by atoms with van der Waals surface area (Å²) in [5.41, 5.74) is 7.48. The molecule has 2 rings (SSSR count). The van der Waals surface area contributed by atoms with Gasteiger partial charge >= 0.3 is 0 Å². The number of rotatable bonds is 1. The van der Waals surface area contributed by atoms with Gasteiger partial charge in [-0.1, -0.05) is 5.21 Å². The molecule has 0 fully saturated rings. The lowest BCUT2D eigenvalue weighted by Gasteiger charge is -2.04. The lowest BCUT2D eigenvalue weighted by atomic mass is 10.2. The van der Waals surface area contributed by atoms with Crippen LogP contribution in [0.1, 0.15) is 5.56 Å². The number of nitrogens with two attached hydrogens (primary N) is 1. The molecular formula is C8H9N5. The first-order valence-electron chi connectivity index (χ1n) is 3.86. The summed E-state index contributed by atoms with van der Waals surface area (Å²) in [5, 5.41) is 7.59. The molecule has 2 aromatic rings. The summed E-state index contributed by atoms with van der Waals surface area (Å²) in [6, 6.07) is 1.77. The number of anilines is 1. The Morgan fingerprint density at radius 3 is 3.00 bits per heavy atom. The van der Waals surface area contributed by atoms with Crippen LogP contribution in [-0.4, -0.2) is 20.0 Å². The first-order valence-corrected chi connectivity index (χ1v) is 3.86. The topological polar surface area (TPSA) is 69.6 Å². The quantitative estimate of drug-likeness (QED) is 0.687. The molecule has 2 N–H and O–H groups in total. The van der Waals surface area contributed by atoms with Gasteiger partial charge in [-0.3, -0.25) is 0 Å². The average Bonchev–Trinajstić information content (AvgIpc) is 2.61. The lowest BCUT2D eigenvalue weighted by Crippen LogP contribution is -2.01. The van der Waals surface area contributed by atoms with Crippen LogP contribution < -0.4 is 5.73 Å². The number of aryl methyl sites for hydroxylation is 1. The van der Waals surface area contributed by atoms with Crippen LogP contribution in [0.2, 0.25) is 0 Å². The molecule has 13 heavy (non-hydrogen) atoms. The van der Waals surface area contributed by atoms with E-state index in [0.717, 1.165) is 11.3 Å². The maximum Gasteiger partial charge on any atom is 0.125 e. The van der Waals surface area contributed by atoms with Crippen molar-refractivity contribution in [3.05, 3.63) is 30.2 Å². The van der Waals surface area contributed by atoms with Crippen LogP contribution in [0.25, 0.3) is 5.69 Å². The third kappa shape index (κ3) is 1.35. The van der Waals surface area contributed by atoms with Crippen LogP contribution in [0.5, 0.6) is 0 Å². The number of nitrogens with zero attached hydrogens (tertiary/aromatic N) is 4. The second-order valence-corrected chi connectivity index (χ2v) is 2.74. The van der Waals surface area contributed by atoms with Gasteiger partial charge in [0.1, 0.15) is 5.82 Å². The Morgan fingerprint density at radius 1 is 1.46 bits per heavy atom. The monoisotopic (exact) mass is 175 g/mol. The number of hydrogen-bond donors (Lipinski definition) is 1. The summed E-state index contributed by atoms with van der Waals surface area (Å²) >= 11 is 0. The Morgan fingerprint density at radius 2 is 2.31 bits per heavy atom. The molecule has 0 aromatic carbocycles. The third-order valence-electron chi connectivity index (χ3n) is 1.77. The minimum absolute atomic E-state index is 0.483. The molecule has 0 spiro atoms. The highest BCUT2D eigenvalue weighted by Gasteiger charge is 2.02. The van der Waals surface area contributed by atoms with E-state index in [2.05, 4.69) is 15.3 Å². The molecule has 0 aliphatic rings. The maximum absolute atomic E-state index is 5.56. The molecule has 0 bridgehead atoms. The van der Waals surface area contributed by atoms with Crippen LogP contribution >= 0.6 is 0 Å². The molecule has 5 heteroatoms. The summed E-state index contributed by atoms with van der Waals surface area (Å²) < 4.78 is 1.66. The van der Waals surface area contributed by atoms with E-state index >= 15 is 0 Å². The average molecular weight is 175 g/mol. The molecule has 0 unspecified atom stereocenters. The molecule has 0 atom stereocenters. The number of pyridine rings is 1. The van der Waals surface area contributed by atoms with E-state index in [4.69, 9.17) is 5.73 Å². The van der Waals surface area contributed by atoms with Crippen molar-refractivity contribution in [3.8, 4) is 5.69 Å². The second-order valence-electron chi connectivity index (χ2n) is 2.74. The van der Waals surface area contributed by atoms with E-state index in [1.54, 1.807) is 29.3 Å². The van der Waals surface area contributed by atoms with Gasteiger partial charge in [-0.05, 0) is 12.5 Å². The van der Waals surface area contributed by atoms with Gasteiger partial charge in [0.05, 0.1) is 18.1 Å². The van der Waals surface area contributed by atoms with Gasteiger partial charge in [0.25, 0.3) is 0 Å². The maximum atomic E-state index is 5.56. The van der Waals surface area contributed by atoms with Gasteiger partial charge in [-0.25, -0.2) is 9.67 Å². The van der Waals surface area contributed by atoms with Crippen LogP contribution in [0.3, 0.4) is 0 Å².